The fourth-order valence-corrected chi connectivity index (χ4v) is 5.14. The molecule has 0 fully saturated rings. The van der Waals surface area contributed by atoms with Crippen LogP contribution < -0.4 is 4.90 Å². The molecule has 0 amide bonds. The van der Waals surface area contributed by atoms with Gasteiger partial charge in [-0.05, 0) is 75.8 Å². The SMILES string of the molecule is C=C(C1C(C)=CN(c2c(C)cc(Br)cc2C)C1N=C(C)C)N(C)CCC(CC)CC#N. The number of nitrogens with zero attached hydrogens (tertiary/aromatic N) is 4. The van der Waals surface area contributed by atoms with E-state index in [1.54, 1.807) is 0 Å². The molecule has 5 heteroatoms. The minimum absolute atomic E-state index is 0.0420. The van der Waals surface area contributed by atoms with Gasteiger partial charge in [0.1, 0.15) is 6.17 Å². The third-order valence-corrected chi connectivity index (χ3v) is 6.66. The fourth-order valence-electron chi connectivity index (χ4n) is 4.45. The van der Waals surface area contributed by atoms with Crippen LogP contribution in [0.15, 0.2) is 45.6 Å². The lowest BCUT2D eigenvalue weighted by atomic mass is 9.94. The molecule has 3 unspecified atom stereocenters. The zero-order chi connectivity index (χ0) is 23.3. The lowest BCUT2D eigenvalue weighted by Crippen LogP contribution is -2.36. The molecule has 1 aromatic rings. The van der Waals surface area contributed by atoms with Crippen molar-refractivity contribution in [1.82, 2.24) is 4.90 Å². The van der Waals surface area contributed by atoms with Crippen LogP contribution in [0, 0.1) is 37.0 Å². The summed E-state index contributed by atoms with van der Waals surface area (Å²) in [5.74, 6) is 0.565. The monoisotopic (exact) mass is 484 g/mol. The molecule has 4 nitrogen and oxygen atoms in total. The summed E-state index contributed by atoms with van der Waals surface area (Å²) in [6, 6.07) is 6.66. The van der Waals surface area contributed by atoms with Crippen molar-refractivity contribution >= 4 is 27.3 Å². The predicted molar refractivity (Wildman–Crippen MR) is 136 cm³/mol. The van der Waals surface area contributed by atoms with Gasteiger partial charge < -0.3 is 9.80 Å². The molecule has 0 saturated heterocycles. The first kappa shape index (κ1) is 25.2. The Balaban J connectivity index is 2.33. The number of halogens is 1. The van der Waals surface area contributed by atoms with E-state index < -0.39 is 0 Å². The molecule has 1 aromatic carbocycles. The highest BCUT2D eigenvalue weighted by Crippen LogP contribution is 2.41. The zero-order valence-electron chi connectivity index (χ0n) is 20.2. The van der Waals surface area contributed by atoms with Gasteiger partial charge in [0.05, 0.1) is 12.0 Å². The smallest absolute Gasteiger partial charge is 0.136 e. The summed E-state index contributed by atoms with van der Waals surface area (Å²) in [6.45, 7) is 18.2. The number of rotatable bonds is 9. The average molecular weight is 486 g/mol. The van der Waals surface area contributed by atoms with Crippen molar-refractivity contribution < 1.29 is 0 Å². The van der Waals surface area contributed by atoms with Gasteiger partial charge in [0.25, 0.3) is 0 Å². The van der Waals surface area contributed by atoms with Crippen LogP contribution in [0.3, 0.4) is 0 Å². The Bertz CT molecular complexity index is 881. The summed E-state index contributed by atoms with van der Waals surface area (Å²) in [6.07, 6.45) is 4.86. The van der Waals surface area contributed by atoms with Crippen molar-refractivity contribution in [3.63, 3.8) is 0 Å². The normalized spacial score (nSPS) is 18.9. The molecule has 0 aromatic heterocycles. The molecule has 0 spiro atoms. The Morgan fingerprint density at radius 3 is 2.42 bits per heavy atom. The second-order valence-electron chi connectivity index (χ2n) is 8.97. The van der Waals surface area contributed by atoms with E-state index in [0.717, 1.165) is 35.3 Å². The van der Waals surface area contributed by atoms with Crippen molar-refractivity contribution in [2.45, 2.75) is 67.0 Å². The molecule has 0 N–H and O–H groups in total. The van der Waals surface area contributed by atoms with Crippen LogP contribution in [0.5, 0.6) is 0 Å². The quantitative estimate of drug-likeness (QED) is 0.354. The van der Waals surface area contributed by atoms with Crippen LogP contribution in [-0.2, 0) is 0 Å². The molecule has 1 heterocycles. The Hall–Kier alpha value is -2.06. The van der Waals surface area contributed by atoms with Gasteiger partial charge in [-0.3, -0.25) is 4.99 Å². The largest absolute Gasteiger partial charge is 0.378 e. The van der Waals surface area contributed by atoms with Gasteiger partial charge in [-0.2, -0.15) is 5.26 Å². The summed E-state index contributed by atoms with van der Waals surface area (Å²) < 4.78 is 1.10. The number of hydrogen-bond donors (Lipinski definition) is 0. The van der Waals surface area contributed by atoms with Crippen molar-refractivity contribution in [3.05, 3.63) is 51.8 Å². The molecule has 0 aliphatic carbocycles. The van der Waals surface area contributed by atoms with Gasteiger partial charge in [0, 0.05) is 47.8 Å². The second kappa shape index (κ2) is 11.0. The van der Waals surface area contributed by atoms with Gasteiger partial charge in [-0.25, -0.2) is 0 Å². The highest BCUT2D eigenvalue weighted by atomic mass is 79.9. The molecule has 168 valence electrons. The highest BCUT2D eigenvalue weighted by molar-refractivity contribution is 9.10. The molecular weight excluding hydrogens is 448 g/mol. The first-order chi connectivity index (χ1) is 14.6. The summed E-state index contributed by atoms with van der Waals surface area (Å²) in [5, 5.41) is 9.06. The van der Waals surface area contributed by atoms with Crippen molar-refractivity contribution in [2.24, 2.45) is 16.8 Å². The predicted octanol–water partition coefficient (Wildman–Crippen LogP) is 6.99. The van der Waals surface area contributed by atoms with Gasteiger partial charge in [0.2, 0.25) is 0 Å². The van der Waals surface area contributed by atoms with Crippen LogP contribution in [0.1, 0.15) is 58.1 Å². The Morgan fingerprint density at radius 2 is 1.90 bits per heavy atom. The lowest BCUT2D eigenvalue weighted by Gasteiger charge is -2.34. The molecule has 0 saturated carbocycles. The number of anilines is 1. The van der Waals surface area contributed by atoms with E-state index >= 15 is 0 Å². The molecule has 0 bridgehead atoms. The maximum absolute atomic E-state index is 9.06. The van der Waals surface area contributed by atoms with Gasteiger partial charge in [0.15, 0.2) is 0 Å². The topological polar surface area (TPSA) is 42.6 Å². The van der Waals surface area contributed by atoms with E-state index in [2.05, 4.69) is 105 Å². The Kier molecular flexibility index (Phi) is 8.94. The number of hydrogen-bond acceptors (Lipinski definition) is 4. The van der Waals surface area contributed by atoms with E-state index in [9.17, 15) is 0 Å². The van der Waals surface area contributed by atoms with E-state index in [-0.39, 0.29) is 12.1 Å². The molecule has 1 aliphatic heterocycles. The van der Waals surface area contributed by atoms with Crippen LogP contribution in [0.4, 0.5) is 5.69 Å². The maximum atomic E-state index is 9.06. The van der Waals surface area contributed by atoms with Crippen molar-refractivity contribution in [2.75, 3.05) is 18.5 Å². The Morgan fingerprint density at radius 1 is 1.29 bits per heavy atom. The fraction of sp³-hybridized carbons (Fsp3) is 0.538. The van der Waals surface area contributed by atoms with Gasteiger partial charge in [-0.15, -0.1) is 0 Å². The minimum Gasteiger partial charge on any atom is -0.378 e. The maximum Gasteiger partial charge on any atom is 0.136 e. The van der Waals surface area contributed by atoms with E-state index in [1.807, 2.05) is 0 Å². The average Bonchev–Trinajstić information content (AvgIpc) is 2.98. The summed E-state index contributed by atoms with van der Waals surface area (Å²) in [4.78, 5) is 9.65. The van der Waals surface area contributed by atoms with E-state index in [4.69, 9.17) is 10.3 Å². The van der Waals surface area contributed by atoms with Gasteiger partial charge >= 0.3 is 0 Å². The first-order valence-corrected chi connectivity index (χ1v) is 11.9. The minimum atomic E-state index is -0.0420. The first-order valence-electron chi connectivity index (χ1n) is 11.1. The summed E-state index contributed by atoms with van der Waals surface area (Å²) in [7, 11) is 2.12. The van der Waals surface area contributed by atoms with Crippen LogP contribution in [0.2, 0.25) is 0 Å². The van der Waals surface area contributed by atoms with Crippen LogP contribution >= 0.6 is 15.9 Å². The van der Waals surface area contributed by atoms with Crippen LogP contribution in [-0.4, -0.2) is 30.4 Å². The van der Waals surface area contributed by atoms with Crippen molar-refractivity contribution in [3.8, 4) is 6.07 Å². The second-order valence-corrected chi connectivity index (χ2v) is 9.89. The molecular formula is C26H37BrN4. The zero-order valence-corrected chi connectivity index (χ0v) is 21.8. The number of nitriles is 1. The summed E-state index contributed by atoms with van der Waals surface area (Å²) in [5.41, 5.74) is 7.10. The van der Waals surface area contributed by atoms with Crippen molar-refractivity contribution in [1.29, 1.82) is 5.26 Å². The van der Waals surface area contributed by atoms with E-state index in [0.29, 0.717) is 12.3 Å². The molecule has 2 rings (SSSR count). The molecule has 1 aliphatic rings. The third kappa shape index (κ3) is 6.01. The number of aryl methyl sites for hydroxylation is 2. The molecule has 3 atom stereocenters. The number of aliphatic imine (C=N–C) groups is 1. The third-order valence-electron chi connectivity index (χ3n) is 6.20. The molecule has 0 radical (unpaired) electrons. The Labute approximate surface area is 197 Å². The lowest BCUT2D eigenvalue weighted by molar-refractivity contribution is 0.321. The van der Waals surface area contributed by atoms with E-state index in [1.165, 1.54) is 22.4 Å². The molecule has 31 heavy (non-hydrogen) atoms. The van der Waals surface area contributed by atoms with Crippen LogP contribution in [0.25, 0.3) is 0 Å². The summed E-state index contributed by atoms with van der Waals surface area (Å²) >= 11 is 3.62. The number of benzene rings is 1. The van der Waals surface area contributed by atoms with Gasteiger partial charge in [-0.1, -0.05) is 35.9 Å². The highest BCUT2D eigenvalue weighted by Gasteiger charge is 2.38. The standard InChI is InChI=1S/C26H37BrN4/c1-9-22(10-12-28)11-13-30(8)21(7)24-20(6)16-31(26(24)29-17(2)3)25-18(4)14-23(27)15-19(25)5/h14-16,22,24,26H,7,9-11,13H2,1-6,8H3.